The second kappa shape index (κ2) is 13.7. The predicted molar refractivity (Wildman–Crippen MR) is 121 cm³/mol. The van der Waals surface area contributed by atoms with Crippen LogP contribution in [0.2, 0.25) is 0 Å². The number of ether oxygens (including phenoxy) is 1. The second-order valence-corrected chi connectivity index (χ2v) is 8.58. The number of aromatic nitrogens is 1. The van der Waals surface area contributed by atoms with E-state index in [1.54, 1.807) is 16.8 Å². The number of piperidine rings is 1. The minimum Gasteiger partial charge on any atom is -0.651 e. The second-order valence-electron chi connectivity index (χ2n) is 7.87. The Morgan fingerprint density at radius 1 is 1.39 bits per heavy atom. The zero-order valence-corrected chi connectivity index (χ0v) is 23.1. The Morgan fingerprint density at radius 2 is 2.16 bits per heavy atom. The number of hydrogen-bond donors (Lipinski definition) is 1. The summed E-state index contributed by atoms with van der Waals surface area (Å²) in [4.78, 5) is 19.3. The number of likely N-dealkylation sites (tertiary alicyclic amines) is 1. The average molecular weight is 472 g/mol. The Kier molecular flexibility index (Phi) is 12.1. The summed E-state index contributed by atoms with van der Waals surface area (Å²) in [5, 5.41) is 15.0. The van der Waals surface area contributed by atoms with E-state index in [0.717, 1.165) is 51.1 Å². The zero-order valence-electron chi connectivity index (χ0n) is 19.2. The number of hydrogen-bond acceptors (Lipinski definition) is 6. The van der Waals surface area contributed by atoms with Crippen LogP contribution in [0.3, 0.4) is 0 Å². The minimum atomic E-state index is -0.212. The fraction of sp³-hybridized carbons (Fsp3) is 0.652. The molecular formula is C23H34KN3O3S. The van der Waals surface area contributed by atoms with E-state index in [-0.39, 0.29) is 82.0 Å². The summed E-state index contributed by atoms with van der Waals surface area (Å²) in [6.45, 7) is 7.39. The molecule has 1 atom stereocenters. The van der Waals surface area contributed by atoms with Crippen molar-refractivity contribution in [3.63, 3.8) is 0 Å². The standard InChI is InChI=1S/C21H29N3O3S.C2H6.K/c25-10-7-22-20(26)17(11-18-14-28-15-23-18)12-24-8-5-21(6-9-24)19-4-2-1-3-16(19)13-27-21;1-2;/h2,4,14-15,17,25H,1,3,5-13H2,(H,22,26);1-2H3;/q;;+1/p-1. The molecule has 3 heterocycles. The number of aliphatic hydroxyl groups is 1. The predicted octanol–water partition coefficient (Wildman–Crippen LogP) is 0.736. The maximum Gasteiger partial charge on any atom is 1.00 e. The molecule has 8 heteroatoms. The molecule has 1 saturated heterocycles. The monoisotopic (exact) mass is 471 g/mol. The van der Waals surface area contributed by atoms with Gasteiger partial charge in [-0.3, -0.25) is 0 Å². The molecule has 4 rings (SSSR count). The fourth-order valence-corrected chi connectivity index (χ4v) is 5.14. The van der Waals surface area contributed by atoms with E-state index >= 15 is 0 Å². The van der Waals surface area contributed by atoms with Crippen LogP contribution in [0.25, 0.3) is 5.32 Å². The molecule has 0 saturated carbocycles. The Hall–Kier alpha value is 0.0964. The van der Waals surface area contributed by atoms with Crippen LogP contribution in [-0.2, 0) is 16.0 Å². The number of allylic oxidation sites excluding steroid dienone is 1. The van der Waals surface area contributed by atoms with E-state index in [2.05, 4.69) is 27.4 Å². The number of fused-ring (bicyclic) bond motifs is 1. The summed E-state index contributed by atoms with van der Waals surface area (Å²) < 4.78 is 6.29. The number of nitrogens with zero attached hydrogens (tertiary/aromatic N) is 3. The topological polar surface area (TPSA) is 76.8 Å². The normalized spacial score (nSPS) is 20.5. The SMILES string of the molecule is CC.O=C([N-]CCO)C(Cc1cscn1)CN1CCC2(CC1)OCC1=C2C=CCC1.[K+]. The van der Waals surface area contributed by atoms with Gasteiger partial charge in [0, 0.05) is 37.5 Å². The van der Waals surface area contributed by atoms with E-state index in [0.29, 0.717) is 13.0 Å². The van der Waals surface area contributed by atoms with E-state index in [9.17, 15) is 4.79 Å². The van der Waals surface area contributed by atoms with Gasteiger partial charge in [0.25, 0.3) is 0 Å². The Labute approximate surface area is 233 Å². The van der Waals surface area contributed by atoms with Crippen LogP contribution >= 0.6 is 11.3 Å². The number of aliphatic hydroxyl groups excluding tert-OH is 1. The van der Waals surface area contributed by atoms with Crippen molar-refractivity contribution in [2.24, 2.45) is 5.92 Å². The van der Waals surface area contributed by atoms with Gasteiger partial charge in [0.2, 0.25) is 0 Å². The summed E-state index contributed by atoms with van der Waals surface area (Å²) in [5.41, 5.74) is 5.53. The molecule has 2 aliphatic heterocycles. The van der Waals surface area contributed by atoms with Gasteiger partial charge in [0.15, 0.2) is 0 Å². The molecule has 0 radical (unpaired) electrons. The smallest absolute Gasteiger partial charge is 0.651 e. The fourth-order valence-electron chi connectivity index (χ4n) is 4.57. The Bertz CT molecular complexity index is 743. The molecule has 1 unspecified atom stereocenters. The summed E-state index contributed by atoms with van der Waals surface area (Å²) >= 11 is 1.55. The third-order valence-electron chi connectivity index (χ3n) is 6.09. The molecule has 1 spiro atoms. The van der Waals surface area contributed by atoms with Gasteiger partial charge in [0.05, 0.1) is 29.3 Å². The van der Waals surface area contributed by atoms with E-state index in [1.165, 1.54) is 11.1 Å². The van der Waals surface area contributed by atoms with E-state index < -0.39 is 0 Å². The van der Waals surface area contributed by atoms with Crippen LogP contribution in [0.4, 0.5) is 0 Å². The maximum absolute atomic E-state index is 12.6. The first-order valence-electron chi connectivity index (χ1n) is 11.1. The molecule has 31 heavy (non-hydrogen) atoms. The van der Waals surface area contributed by atoms with Crippen LogP contribution in [0.1, 0.15) is 45.2 Å². The van der Waals surface area contributed by atoms with Crippen LogP contribution in [0, 0.1) is 5.92 Å². The van der Waals surface area contributed by atoms with Gasteiger partial charge >= 0.3 is 51.4 Å². The first-order chi connectivity index (χ1) is 14.7. The third-order valence-corrected chi connectivity index (χ3v) is 6.73. The van der Waals surface area contributed by atoms with Crippen molar-refractivity contribution in [1.29, 1.82) is 0 Å². The van der Waals surface area contributed by atoms with Gasteiger partial charge in [-0.05, 0) is 43.3 Å². The number of carbonyl (C=O) groups is 1. The average Bonchev–Trinajstić information content (AvgIpc) is 3.43. The van der Waals surface area contributed by atoms with Crippen LogP contribution in [-0.4, -0.2) is 65.9 Å². The Morgan fingerprint density at radius 3 is 2.84 bits per heavy atom. The molecule has 166 valence electrons. The summed E-state index contributed by atoms with van der Waals surface area (Å²) in [6.07, 6.45) is 9.36. The summed E-state index contributed by atoms with van der Waals surface area (Å²) in [7, 11) is 0. The first kappa shape index (κ1) is 27.3. The quantitative estimate of drug-likeness (QED) is 0.594. The molecule has 6 nitrogen and oxygen atoms in total. The van der Waals surface area contributed by atoms with Crippen molar-refractivity contribution in [3.05, 3.63) is 45.2 Å². The third kappa shape index (κ3) is 7.04. The van der Waals surface area contributed by atoms with Crippen molar-refractivity contribution in [1.82, 2.24) is 9.88 Å². The van der Waals surface area contributed by atoms with Crippen LogP contribution in [0.5, 0.6) is 0 Å². The van der Waals surface area contributed by atoms with Crippen LogP contribution in [0.15, 0.2) is 34.2 Å². The molecular weight excluding hydrogens is 437 g/mol. The molecule has 0 aromatic carbocycles. The van der Waals surface area contributed by atoms with Crippen LogP contribution < -0.4 is 51.4 Å². The molecule has 1 aromatic heterocycles. The minimum absolute atomic E-state index is 0. The molecule has 0 bridgehead atoms. The zero-order chi connectivity index (χ0) is 21.4. The van der Waals surface area contributed by atoms with Gasteiger partial charge in [-0.1, -0.05) is 26.0 Å². The molecule has 1 fully saturated rings. The largest absolute Gasteiger partial charge is 1.00 e. The number of rotatable bonds is 7. The summed E-state index contributed by atoms with van der Waals surface area (Å²) in [6, 6.07) is 0. The molecule has 1 amide bonds. The van der Waals surface area contributed by atoms with Crippen molar-refractivity contribution in [2.75, 3.05) is 39.4 Å². The van der Waals surface area contributed by atoms with E-state index in [4.69, 9.17) is 9.84 Å². The first-order valence-corrected chi connectivity index (χ1v) is 12.1. The number of carbonyl (C=O) groups excluding carboxylic acids is 1. The van der Waals surface area contributed by atoms with Gasteiger partial charge < -0.3 is 24.9 Å². The van der Waals surface area contributed by atoms with Gasteiger partial charge in [-0.2, -0.15) is 0 Å². The van der Waals surface area contributed by atoms with Gasteiger partial charge in [-0.15, -0.1) is 17.9 Å². The number of thiazole rings is 1. The molecule has 1 aromatic rings. The number of amides is 1. The maximum atomic E-state index is 12.6. The van der Waals surface area contributed by atoms with E-state index in [1.807, 2.05) is 19.2 Å². The molecule has 1 aliphatic carbocycles. The van der Waals surface area contributed by atoms with Gasteiger partial charge in [0.1, 0.15) is 0 Å². The van der Waals surface area contributed by atoms with Crippen molar-refractivity contribution >= 4 is 17.2 Å². The molecule has 3 aliphatic rings. The molecule has 1 N–H and O–H groups in total. The van der Waals surface area contributed by atoms with Gasteiger partial charge in [-0.25, -0.2) is 4.98 Å². The summed E-state index contributed by atoms with van der Waals surface area (Å²) in [5.74, 6) is -0.337. The van der Waals surface area contributed by atoms with Crippen molar-refractivity contribution < 1.29 is 66.0 Å². The van der Waals surface area contributed by atoms with Crippen molar-refractivity contribution in [3.8, 4) is 0 Å². The Balaban J connectivity index is 0.00000111. The van der Waals surface area contributed by atoms with Crippen molar-refractivity contribution in [2.45, 2.75) is 51.6 Å².